The molecule has 2 aromatic rings. The Labute approximate surface area is 229 Å². The number of carbonyl (C=O) groups is 1. The zero-order valence-corrected chi connectivity index (χ0v) is 23.8. The highest BCUT2D eigenvalue weighted by Gasteiger charge is 2.27. The average molecular weight is 645 g/mol. The minimum Gasteiger partial charge on any atom is -0.387 e. The van der Waals surface area contributed by atoms with Crippen molar-refractivity contribution in [1.29, 1.82) is 0 Å². The summed E-state index contributed by atoms with van der Waals surface area (Å²) in [6.45, 7) is 8.59. The molecule has 2 atom stereocenters. The summed E-state index contributed by atoms with van der Waals surface area (Å²) >= 11 is 6.62. The molecule has 2 aliphatic heterocycles. The van der Waals surface area contributed by atoms with Crippen LogP contribution >= 0.6 is 56.7 Å². The average Bonchev–Trinajstić information content (AvgIpc) is 2.80. The molecule has 14 heteroatoms. The molecule has 0 aliphatic carbocycles. The first-order chi connectivity index (χ1) is 15.4. The number of hydrogen-bond donors (Lipinski definition) is 2. The van der Waals surface area contributed by atoms with E-state index in [1.54, 1.807) is 29.7 Å². The molecular weight excluding hydrogens is 615 g/mol. The largest absolute Gasteiger partial charge is 0.387 e. The minimum absolute atomic E-state index is 0. The number of halogens is 4. The standard InChI is InChI=1S/C11H15BrN4O2.C9H13BrN4.2ClH/c1-8-6-15(2-3-16(8)10(18)7-17)11-13-4-9(12)5-14-11;1-7-6-14(3-2-11-7)9-12-4-8(10)5-13-9;;/h4-5,8,17H,2-3,6-7H2,1H3;4-5,7,11H,2-3,6H2,1H3;2*1H/t8-;7-;;/m11../s1. The van der Waals surface area contributed by atoms with E-state index in [1.807, 2.05) is 11.8 Å². The molecule has 4 heterocycles. The van der Waals surface area contributed by atoms with Gasteiger partial charge >= 0.3 is 0 Å². The lowest BCUT2D eigenvalue weighted by molar-refractivity contribution is -0.136. The van der Waals surface area contributed by atoms with Crippen LogP contribution in [0.15, 0.2) is 33.7 Å². The number of aromatic nitrogens is 4. The number of aliphatic hydroxyl groups is 1. The maximum atomic E-state index is 11.5. The van der Waals surface area contributed by atoms with Gasteiger partial charge in [0.2, 0.25) is 17.8 Å². The molecule has 0 aromatic carbocycles. The van der Waals surface area contributed by atoms with Gasteiger partial charge in [-0.05, 0) is 45.7 Å². The molecule has 0 bridgehead atoms. The summed E-state index contributed by atoms with van der Waals surface area (Å²) in [6, 6.07) is 0.557. The van der Waals surface area contributed by atoms with E-state index in [0.29, 0.717) is 31.6 Å². The van der Waals surface area contributed by atoms with Crippen molar-refractivity contribution >= 4 is 74.5 Å². The molecule has 2 aromatic heterocycles. The van der Waals surface area contributed by atoms with Crippen LogP contribution in [0.4, 0.5) is 11.9 Å². The summed E-state index contributed by atoms with van der Waals surface area (Å²) in [5, 5.41) is 12.3. The zero-order chi connectivity index (χ0) is 23.1. The van der Waals surface area contributed by atoms with Crippen LogP contribution in [0.1, 0.15) is 13.8 Å². The Morgan fingerprint density at radius 2 is 1.44 bits per heavy atom. The van der Waals surface area contributed by atoms with E-state index in [0.717, 1.165) is 34.5 Å². The molecule has 10 nitrogen and oxygen atoms in total. The monoisotopic (exact) mass is 642 g/mol. The first-order valence-corrected chi connectivity index (χ1v) is 12.0. The Bertz CT molecular complexity index is 882. The predicted molar refractivity (Wildman–Crippen MR) is 144 cm³/mol. The molecule has 2 N–H and O–H groups in total. The molecule has 2 fully saturated rings. The third-order valence-corrected chi connectivity index (χ3v) is 6.05. The predicted octanol–water partition coefficient (Wildman–Crippen LogP) is 2.15. The third kappa shape index (κ3) is 8.72. The number of rotatable bonds is 3. The van der Waals surface area contributed by atoms with Crippen LogP contribution in [0.2, 0.25) is 0 Å². The molecule has 2 aliphatic rings. The number of aliphatic hydroxyl groups excluding tert-OH is 1. The van der Waals surface area contributed by atoms with Gasteiger partial charge in [0.15, 0.2) is 0 Å². The maximum Gasteiger partial charge on any atom is 0.248 e. The van der Waals surface area contributed by atoms with Gasteiger partial charge < -0.3 is 25.1 Å². The van der Waals surface area contributed by atoms with E-state index in [2.05, 4.69) is 68.9 Å². The molecule has 190 valence electrons. The van der Waals surface area contributed by atoms with Crippen molar-refractivity contribution in [3.05, 3.63) is 33.7 Å². The van der Waals surface area contributed by atoms with Gasteiger partial charge in [0.25, 0.3) is 0 Å². The first-order valence-electron chi connectivity index (χ1n) is 10.5. The zero-order valence-electron chi connectivity index (χ0n) is 19.0. The molecule has 4 rings (SSSR count). The number of amides is 1. The summed E-state index contributed by atoms with van der Waals surface area (Å²) in [6.07, 6.45) is 6.99. The first kappa shape index (κ1) is 30.7. The Morgan fingerprint density at radius 3 is 1.88 bits per heavy atom. The van der Waals surface area contributed by atoms with Crippen LogP contribution in [-0.4, -0.2) is 93.8 Å². The molecule has 34 heavy (non-hydrogen) atoms. The van der Waals surface area contributed by atoms with E-state index in [-0.39, 0.29) is 36.8 Å². The van der Waals surface area contributed by atoms with Crippen molar-refractivity contribution in [1.82, 2.24) is 30.2 Å². The third-order valence-electron chi connectivity index (χ3n) is 5.23. The number of nitrogens with one attached hydrogen (secondary N) is 1. The second kappa shape index (κ2) is 14.9. The number of anilines is 2. The van der Waals surface area contributed by atoms with Crippen molar-refractivity contribution in [2.45, 2.75) is 25.9 Å². The highest BCUT2D eigenvalue weighted by atomic mass is 79.9. The van der Waals surface area contributed by atoms with Gasteiger partial charge in [0.1, 0.15) is 6.61 Å². The van der Waals surface area contributed by atoms with Gasteiger partial charge in [-0.25, -0.2) is 19.9 Å². The summed E-state index contributed by atoms with van der Waals surface area (Å²) in [5.74, 6) is 1.27. The molecule has 0 unspecified atom stereocenters. The molecule has 0 saturated carbocycles. The van der Waals surface area contributed by atoms with Gasteiger partial charge in [0.05, 0.1) is 8.95 Å². The van der Waals surface area contributed by atoms with Crippen molar-refractivity contribution < 1.29 is 9.90 Å². The van der Waals surface area contributed by atoms with Crippen LogP contribution in [0.5, 0.6) is 0 Å². The van der Waals surface area contributed by atoms with Gasteiger partial charge in [-0.3, -0.25) is 4.79 Å². The fraction of sp³-hybridized carbons (Fsp3) is 0.550. The van der Waals surface area contributed by atoms with Crippen LogP contribution in [-0.2, 0) is 4.79 Å². The van der Waals surface area contributed by atoms with Crippen LogP contribution < -0.4 is 15.1 Å². The van der Waals surface area contributed by atoms with Crippen LogP contribution in [0, 0.1) is 0 Å². The minimum atomic E-state index is -0.431. The smallest absolute Gasteiger partial charge is 0.248 e. The highest BCUT2D eigenvalue weighted by molar-refractivity contribution is 9.10. The number of nitrogens with zero attached hydrogens (tertiary/aromatic N) is 7. The summed E-state index contributed by atoms with van der Waals surface area (Å²) in [5.41, 5.74) is 0. The van der Waals surface area contributed by atoms with Gasteiger partial charge in [-0.15, -0.1) is 24.8 Å². The Morgan fingerprint density at radius 1 is 0.941 bits per heavy atom. The van der Waals surface area contributed by atoms with Gasteiger partial charge in [-0.2, -0.15) is 0 Å². The maximum absolute atomic E-state index is 11.5. The fourth-order valence-electron chi connectivity index (χ4n) is 3.65. The topological polar surface area (TPSA) is 111 Å². The Hall–Kier alpha value is -1.31. The van der Waals surface area contributed by atoms with E-state index in [9.17, 15) is 4.79 Å². The molecule has 1 amide bonds. The lowest BCUT2D eigenvalue weighted by Gasteiger charge is -2.39. The van der Waals surface area contributed by atoms with Crippen molar-refractivity contribution in [3.8, 4) is 0 Å². The quantitative estimate of drug-likeness (QED) is 0.519. The molecular formula is C20H30Br2Cl2N8O2. The number of carbonyl (C=O) groups excluding carboxylic acids is 1. The normalized spacial score (nSPS) is 19.9. The van der Waals surface area contributed by atoms with Gasteiger partial charge in [0, 0.05) is 76.1 Å². The van der Waals surface area contributed by atoms with Crippen LogP contribution in [0.3, 0.4) is 0 Å². The fourth-order valence-corrected chi connectivity index (χ4v) is 4.06. The molecule has 2 saturated heterocycles. The second-order valence-corrected chi connectivity index (χ2v) is 9.58. The summed E-state index contributed by atoms with van der Waals surface area (Å²) in [7, 11) is 0. The molecule has 0 radical (unpaired) electrons. The van der Waals surface area contributed by atoms with E-state index in [1.165, 1.54) is 0 Å². The SMILES string of the molecule is C[C@@H]1CN(c2ncc(Br)cn2)CCN1.C[C@@H]1CN(c2ncc(Br)cn2)CCN1C(=O)CO.Cl.Cl. The highest BCUT2D eigenvalue weighted by Crippen LogP contribution is 2.16. The lowest BCUT2D eigenvalue weighted by Crippen LogP contribution is -2.55. The lowest BCUT2D eigenvalue weighted by atomic mass is 10.2. The summed E-state index contributed by atoms with van der Waals surface area (Å²) < 4.78 is 1.76. The summed E-state index contributed by atoms with van der Waals surface area (Å²) in [4.78, 5) is 34.5. The number of hydrogen-bond acceptors (Lipinski definition) is 9. The van der Waals surface area contributed by atoms with Gasteiger partial charge in [-0.1, -0.05) is 0 Å². The van der Waals surface area contributed by atoms with Crippen molar-refractivity contribution in [2.24, 2.45) is 0 Å². The Kier molecular flexibility index (Phi) is 13.5. The van der Waals surface area contributed by atoms with Crippen molar-refractivity contribution in [2.75, 3.05) is 55.7 Å². The van der Waals surface area contributed by atoms with E-state index < -0.39 is 6.61 Å². The number of piperazine rings is 2. The molecule has 0 spiro atoms. The van der Waals surface area contributed by atoms with Crippen LogP contribution in [0.25, 0.3) is 0 Å². The van der Waals surface area contributed by atoms with E-state index >= 15 is 0 Å². The van der Waals surface area contributed by atoms with E-state index in [4.69, 9.17) is 5.11 Å². The van der Waals surface area contributed by atoms with Crippen molar-refractivity contribution in [3.63, 3.8) is 0 Å². The second-order valence-electron chi connectivity index (χ2n) is 7.74. The Balaban J connectivity index is 0.000000329.